The molecule has 0 aliphatic rings. The van der Waals surface area contributed by atoms with E-state index in [0.717, 1.165) is 12.5 Å². The monoisotopic (exact) mass is 262 g/mol. The summed E-state index contributed by atoms with van der Waals surface area (Å²) in [7, 11) is 0. The first kappa shape index (κ1) is 11.6. The van der Waals surface area contributed by atoms with Crippen molar-refractivity contribution >= 4 is 15.9 Å². The van der Waals surface area contributed by atoms with Crippen molar-refractivity contribution in [2.75, 3.05) is 0 Å². The summed E-state index contributed by atoms with van der Waals surface area (Å²) < 4.78 is 26.2. The predicted octanol–water partition coefficient (Wildman–Crippen LogP) is 4.24. The Kier molecular flexibility index (Phi) is 4.05. The Morgan fingerprint density at radius 3 is 2.50 bits per heavy atom. The van der Waals surface area contributed by atoms with Crippen LogP contribution in [-0.4, -0.2) is 4.83 Å². The number of hydrogen-bond acceptors (Lipinski definition) is 0. The summed E-state index contributed by atoms with van der Waals surface area (Å²) in [6.07, 6.45) is 0.792. The first-order valence-corrected chi connectivity index (χ1v) is 5.52. The molecule has 0 saturated heterocycles. The van der Waals surface area contributed by atoms with Crippen molar-refractivity contribution in [3.63, 3.8) is 0 Å². The second kappa shape index (κ2) is 4.87. The molecule has 0 radical (unpaired) electrons. The third-order valence-electron chi connectivity index (χ3n) is 2.19. The summed E-state index contributed by atoms with van der Waals surface area (Å²) in [6, 6.07) is 4.32. The van der Waals surface area contributed by atoms with Gasteiger partial charge in [0.15, 0.2) is 11.6 Å². The van der Waals surface area contributed by atoms with E-state index in [2.05, 4.69) is 15.9 Å². The van der Waals surface area contributed by atoms with Gasteiger partial charge in [-0.05, 0) is 24.0 Å². The molecule has 0 spiro atoms. The summed E-state index contributed by atoms with van der Waals surface area (Å²) in [5.74, 6) is -1.45. The number of halogens is 3. The fourth-order valence-electron chi connectivity index (χ4n) is 1.52. The Morgan fingerprint density at radius 1 is 1.29 bits per heavy atom. The van der Waals surface area contributed by atoms with E-state index in [4.69, 9.17) is 0 Å². The molecule has 0 heterocycles. The lowest BCUT2D eigenvalue weighted by Gasteiger charge is -2.14. The highest BCUT2D eigenvalue weighted by atomic mass is 79.9. The van der Waals surface area contributed by atoms with E-state index in [1.807, 2.05) is 13.8 Å². The Hall–Kier alpha value is -0.440. The van der Waals surface area contributed by atoms with Gasteiger partial charge in [0.1, 0.15) is 0 Å². The maximum atomic E-state index is 13.3. The molecule has 2 unspecified atom stereocenters. The smallest absolute Gasteiger partial charge is 0.162 e. The molecule has 0 N–H and O–H groups in total. The molecule has 1 aromatic carbocycles. The van der Waals surface area contributed by atoms with Crippen LogP contribution in [0.1, 0.15) is 31.7 Å². The zero-order valence-electron chi connectivity index (χ0n) is 8.23. The average molecular weight is 263 g/mol. The molecule has 0 aromatic heterocycles. The second-order valence-corrected chi connectivity index (χ2v) is 5.12. The maximum Gasteiger partial charge on any atom is 0.162 e. The van der Waals surface area contributed by atoms with Crippen LogP contribution in [0.3, 0.4) is 0 Å². The molecule has 0 nitrogen and oxygen atoms in total. The molecule has 0 aliphatic carbocycles. The van der Waals surface area contributed by atoms with E-state index < -0.39 is 11.6 Å². The molecule has 0 fully saturated rings. The van der Waals surface area contributed by atoms with Gasteiger partial charge in [-0.2, -0.15) is 0 Å². The first-order chi connectivity index (χ1) is 6.52. The third kappa shape index (κ3) is 2.77. The van der Waals surface area contributed by atoms with E-state index in [1.165, 1.54) is 0 Å². The zero-order chi connectivity index (χ0) is 10.7. The van der Waals surface area contributed by atoms with Crippen molar-refractivity contribution in [3.05, 3.63) is 35.4 Å². The average Bonchev–Trinajstić information content (AvgIpc) is 2.08. The third-order valence-corrected chi connectivity index (χ3v) is 2.56. The van der Waals surface area contributed by atoms with Gasteiger partial charge in [0.05, 0.1) is 0 Å². The van der Waals surface area contributed by atoms with E-state index >= 15 is 0 Å². The number of alkyl halides is 1. The van der Waals surface area contributed by atoms with Crippen LogP contribution in [0.4, 0.5) is 8.78 Å². The van der Waals surface area contributed by atoms with Crippen molar-refractivity contribution in [2.45, 2.75) is 31.0 Å². The lowest BCUT2D eigenvalue weighted by Crippen LogP contribution is -2.04. The number of rotatable bonds is 3. The first-order valence-electron chi connectivity index (χ1n) is 4.60. The minimum atomic E-state index is -0.767. The molecule has 0 bridgehead atoms. The fourth-order valence-corrected chi connectivity index (χ4v) is 2.08. The lowest BCUT2D eigenvalue weighted by molar-refractivity contribution is 0.487. The van der Waals surface area contributed by atoms with Crippen molar-refractivity contribution in [3.8, 4) is 0 Å². The minimum absolute atomic E-state index is 0.0278. The highest BCUT2D eigenvalue weighted by Gasteiger charge is 2.15. The van der Waals surface area contributed by atoms with Gasteiger partial charge in [-0.15, -0.1) is 0 Å². The highest BCUT2D eigenvalue weighted by Crippen LogP contribution is 2.26. The van der Waals surface area contributed by atoms with Gasteiger partial charge in [-0.3, -0.25) is 0 Å². The molecule has 0 aliphatic heterocycles. The second-order valence-electron chi connectivity index (χ2n) is 3.56. The molecule has 1 rings (SSSR count). The fraction of sp³-hybridized carbons (Fsp3) is 0.455. The molecule has 3 heteroatoms. The zero-order valence-corrected chi connectivity index (χ0v) is 9.81. The van der Waals surface area contributed by atoms with Crippen LogP contribution < -0.4 is 0 Å². The van der Waals surface area contributed by atoms with Crippen LogP contribution in [0.25, 0.3) is 0 Å². The Labute approximate surface area is 91.5 Å². The molecule has 0 saturated carbocycles. The predicted molar refractivity (Wildman–Crippen MR) is 57.8 cm³/mol. The highest BCUT2D eigenvalue weighted by molar-refractivity contribution is 9.09. The van der Waals surface area contributed by atoms with Crippen molar-refractivity contribution in [1.82, 2.24) is 0 Å². The van der Waals surface area contributed by atoms with E-state index in [9.17, 15) is 8.78 Å². The van der Waals surface area contributed by atoms with Gasteiger partial charge in [0, 0.05) is 4.83 Å². The molecule has 2 atom stereocenters. The number of benzene rings is 1. The van der Waals surface area contributed by atoms with Gasteiger partial charge in [-0.25, -0.2) is 8.78 Å². The van der Waals surface area contributed by atoms with Crippen LogP contribution in [0, 0.1) is 11.6 Å². The molecular formula is C11H13BrF2. The lowest BCUT2D eigenvalue weighted by atomic mass is 9.96. The van der Waals surface area contributed by atoms with E-state index in [-0.39, 0.29) is 5.92 Å². The molecular weight excluding hydrogens is 250 g/mol. The van der Waals surface area contributed by atoms with Crippen LogP contribution in [-0.2, 0) is 0 Å². The van der Waals surface area contributed by atoms with Crippen LogP contribution in [0.2, 0.25) is 0 Å². The molecule has 0 amide bonds. The van der Waals surface area contributed by atoms with Crippen molar-refractivity contribution < 1.29 is 8.78 Å². The van der Waals surface area contributed by atoms with Crippen LogP contribution in [0.15, 0.2) is 18.2 Å². The summed E-state index contributed by atoms with van der Waals surface area (Å²) in [6.45, 7) is 3.89. The molecule has 78 valence electrons. The standard InChI is InChI=1S/C11H13BrF2/c1-7(6-8(2)12)9-4-3-5-10(13)11(9)14/h3-5,7-8H,6H2,1-2H3. The Bertz CT molecular complexity index is 310. The van der Waals surface area contributed by atoms with Gasteiger partial charge < -0.3 is 0 Å². The Morgan fingerprint density at radius 2 is 1.93 bits per heavy atom. The summed E-state index contributed by atoms with van der Waals surface area (Å²) >= 11 is 3.40. The van der Waals surface area contributed by atoms with Crippen molar-refractivity contribution in [2.24, 2.45) is 0 Å². The SMILES string of the molecule is CC(Br)CC(C)c1cccc(F)c1F. The molecule has 1 aromatic rings. The Balaban J connectivity index is 2.89. The van der Waals surface area contributed by atoms with Gasteiger partial charge in [-0.1, -0.05) is 41.9 Å². The van der Waals surface area contributed by atoms with Crippen LogP contribution >= 0.6 is 15.9 Å². The minimum Gasteiger partial charge on any atom is -0.204 e. The number of hydrogen-bond donors (Lipinski definition) is 0. The topological polar surface area (TPSA) is 0 Å². The van der Waals surface area contributed by atoms with Crippen LogP contribution in [0.5, 0.6) is 0 Å². The largest absolute Gasteiger partial charge is 0.204 e. The molecule has 14 heavy (non-hydrogen) atoms. The normalized spacial score (nSPS) is 15.2. The quantitative estimate of drug-likeness (QED) is 0.715. The summed E-state index contributed by atoms with van der Waals surface area (Å²) in [5.41, 5.74) is 0.455. The summed E-state index contributed by atoms with van der Waals surface area (Å²) in [5, 5.41) is 0. The van der Waals surface area contributed by atoms with E-state index in [0.29, 0.717) is 10.4 Å². The maximum absolute atomic E-state index is 13.3. The van der Waals surface area contributed by atoms with E-state index in [1.54, 1.807) is 12.1 Å². The van der Waals surface area contributed by atoms with Gasteiger partial charge >= 0.3 is 0 Å². The van der Waals surface area contributed by atoms with Gasteiger partial charge in [0.25, 0.3) is 0 Å². The summed E-state index contributed by atoms with van der Waals surface area (Å²) in [4.78, 5) is 0.306. The van der Waals surface area contributed by atoms with Gasteiger partial charge in [0.2, 0.25) is 0 Å². The van der Waals surface area contributed by atoms with Crippen molar-refractivity contribution in [1.29, 1.82) is 0 Å².